The molecule has 1 atom stereocenters. The summed E-state index contributed by atoms with van der Waals surface area (Å²) in [5.41, 5.74) is 2.42. The van der Waals surface area contributed by atoms with Crippen LogP contribution in [-0.4, -0.2) is 29.6 Å². The van der Waals surface area contributed by atoms with E-state index in [1.807, 2.05) is 6.92 Å². The van der Waals surface area contributed by atoms with Gasteiger partial charge in [0.2, 0.25) is 0 Å². The molecule has 1 fully saturated rings. The lowest BCUT2D eigenvalue weighted by atomic mass is 9.98. The van der Waals surface area contributed by atoms with Gasteiger partial charge in [-0.05, 0) is 44.9 Å². The predicted octanol–water partition coefficient (Wildman–Crippen LogP) is 4.26. The Kier molecular flexibility index (Phi) is 5.16. The molecule has 3 rings (SSSR count). The quantitative estimate of drug-likeness (QED) is 0.897. The normalized spacial score (nSPS) is 18.9. The number of aromatic amines is 1. The van der Waals surface area contributed by atoms with Gasteiger partial charge in [0.15, 0.2) is 5.43 Å². The Balaban J connectivity index is 2.09. The molecule has 0 bridgehead atoms. The van der Waals surface area contributed by atoms with Crippen LogP contribution in [0.15, 0.2) is 16.9 Å². The summed E-state index contributed by atoms with van der Waals surface area (Å²) < 4.78 is 5.38. The number of hydrogen-bond acceptors (Lipinski definition) is 3. The van der Waals surface area contributed by atoms with E-state index in [4.69, 9.17) is 16.3 Å². The van der Waals surface area contributed by atoms with Crippen LogP contribution in [0.1, 0.15) is 43.9 Å². The Morgan fingerprint density at radius 2 is 2.17 bits per heavy atom. The van der Waals surface area contributed by atoms with Gasteiger partial charge in [-0.3, -0.25) is 9.69 Å². The van der Waals surface area contributed by atoms with Crippen molar-refractivity contribution in [3.05, 3.63) is 38.6 Å². The molecule has 130 valence electrons. The zero-order chi connectivity index (χ0) is 17.3. The van der Waals surface area contributed by atoms with Crippen molar-refractivity contribution in [2.24, 2.45) is 0 Å². The standard InChI is InChI=1S/C19H25ClN2O2/c1-4-13-7-5-6-10-22(13)11-14-12(2)21-18-16(24-3)9-8-15(20)17(18)19(14)23/h8-9,13H,4-7,10-11H2,1-3H3,(H,21,23). The van der Waals surface area contributed by atoms with Crippen LogP contribution in [0.5, 0.6) is 5.75 Å². The Labute approximate surface area is 147 Å². The molecular formula is C19H25ClN2O2. The lowest BCUT2D eigenvalue weighted by molar-refractivity contribution is 0.135. The number of piperidine rings is 1. The third-order valence-corrected chi connectivity index (χ3v) is 5.50. The molecule has 1 aliphatic heterocycles. The lowest BCUT2D eigenvalue weighted by Gasteiger charge is -2.35. The fourth-order valence-corrected chi connectivity index (χ4v) is 4.03. The molecule has 0 saturated carbocycles. The molecule has 0 aliphatic carbocycles. The van der Waals surface area contributed by atoms with Crippen LogP contribution in [0.4, 0.5) is 0 Å². The predicted molar refractivity (Wildman–Crippen MR) is 99.2 cm³/mol. The van der Waals surface area contributed by atoms with Crippen molar-refractivity contribution in [2.75, 3.05) is 13.7 Å². The number of nitrogens with one attached hydrogen (secondary N) is 1. The zero-order valence-electron chi connectivity index (χ0n) is 14.6. The average molecular weight is 349 g/mol. The van der Waals surface area contributed by atoms with Crippen molar-refractivity contribution in [1.29, 1.82) is 0 Å². The molecule has 5 heteroatoms. The summed E-state index contributed by atoms with van der Waals surface area (Å²) in [5.74, 6) is 0.644. The number of hydrogen-bond donors (Lipinski definition) is 1. The Morgan fingerprint density at radius 1 is 1.38 bits per heavy atom. The summed E-state index contributed by atoms with van der Waals surface area (Å²) in [4.78, 5) is 18.9. The second-order valence-corrected chi connectivity index (χ2v) is 6.99. The van der Waals surface area contributed by atoms with Gasteiger partial charge in [-0.25, -0.2) is 0 Å². The van der Waals surface area contributed by atoms with E-state index in [0.29, 0.717) is 34.3 Å². The molecule has 24 heavy (non-hydrogen) atoms. The van der Waals surface area contributed by atoms with Crippen LogP contribution >= 0.6 is 11.6 Å². The van der Waals surface area contributed by atoms with Crippen LogP contribution < -0.4 is 10.2 Å². The number of methoxy groups -OCH3 is 1. The molecule has 0 amide bonds. The third kappa shape index (κ3) is 3.05. The Bertz CT molecular complexity index is 800. The molecule has 2 aromatic rings. The first-order valence-corrected chi connectivity index (χ1v) is 9.06. The van der Waals surface area contributed by atoms with Gasteiger partial charge in [0.25, 0.3) is 0 Å². The highest BCUT2D eigenvalue weighted by atomic mass is 35.5. The van der Waals surface area contributed by atoms with Gasteiger partial charge in [-0.15, -0.1) is 0 Å². The van der Waals surface area contributed by atoms with Gasteiger partial charge in [0.1, 0.15) is 5.75 Å². The van der Waals surface area contributed by atoms with E-state index in [1.165, 1.54) is 19.3 Å². The topological polar surface area (TPSA) is 45.3 Å². The summed E-state index contributed by atoms with van der Waals surface area (Å²) in [7, 11) is 1.60. The van der Waals surface area contributed by atoms with Crippen LogP contribution in [-0.2, 0) is 6.54 Å². The van der Waals surface area contributed by atoms with Crippen molar-refractivity contribution < 1.29 is 4.74 Å². The maximum absolute atomic E-state index is 13.1. The molecule has 4 nitrogen and oxygen atoms in total. The third-order valence-electron chi connectivity index (χ3n) is 5.18. The SMILES string of the molecule is CCC1CCCCN1Cc1c(C)[nH]c2c(OC)ccc(Cl)c2c1=O. The highest BCUT2D eigenvalue weighted by molar-refractivity contribution is 6.35. The largest absolute Gasteiger partial charge is 0.495 e. The minimum Gasteiger partial charge on any atom is -0.495 e. The number of nitrogens with zero attached hydrogens (tertiary/aromatic N) is 1. The van der Waals surface area contributed by atoms with Gasteiger partial charge in [-0.1, -0.05) is 24.9 Å². The molecule has 1 N–H and O–H groups in total. The van der Waals surface area contributed by atoms with Gasteiger partial charge in [0.05, 0.1) is 23.0 Å². The molecule has 1 aromatic carbocycles. The molecule has 1 aromatic heterocycles. The lowest BCUT2D eigenvalue weighted by Crippen LogP contribution is -2.39. The first-order valence-electron chi connectivity index (χ1n) is 8.68. The fraction of sp³-hybridized carbons (Fsp3) is 0.526. The molecule has 2 heterocycles. The first kappa shape index (κ1) is 17.3. The number of ether oxygens (including phenoxy) is 1. The summed E-state index contributed by atoms with van der Waals surface area (Å²) >= 11 is 6.33. The van der Waals surface area contributed by atoms with Crippen molar-refractivity contribution in [1.82, 2.24) is 9.88 Å². The highest BCUT2D eigenvalue weighted by Crippen LogP contribution is 2.29. The molecular weight excluding hydrogens is 324 g/mol. The van der Waals surface area contributed by atoms with E-state index in [2.05, 4.69) is 16.8 Å². The van der Waals surface area contributed by atoms with Gasteiger partial charge in [-0.2, -0.15) is 0 Å². The number of aryl methyl sites for hydroxylation is 1. The molecule has 0 radical (unpaired) electrons. The maximum atomic E-state index is 13.1. The number of fused-ring (bicyclic) bond motifs is 1. The van der Waals surface area contributed by atoms with Gasteiger partial charge < -0.3 is 9.72 Å². The van der Waals surface area contributed by atoms with E-state index < -0.39 is 0 Å². The van der Waals surface area contributed by atoms with Crippen molar-refractivity contribution >= 4 is 22.5 Å². The number of H-pyrrole nitrogens is 1. The van der Waals surface area contributed by atoms with Crippen molar-refractivity contribution in [3.8, 4) is 5.75 Å². The summed E-state index contributed by atoms with van der Waals surface area (Å²) in [5, 5.41) is 1.00. The Hall–Kier alpha value is -1.52. The van der Waals surface area contributed by atoms with Crippen molar-refractivity contribution in [2.45, 2.75) is 52.1 Å². The summed E-state index contributed by atoms with van der Waals surface area (Å²) in [6.07, 6.45) is 4.83. The van der Waals surface area contributed by atoms with E-state index in [9.17, 15) is 4.79 Å². The van der Waals surface area contributed by atoms with Crippen molar-refractivity contribution in [3.63, 3.8) is 0 Å². The van der Waals surface area contributed by atoms with E-state index in [0.717, 1.165) is 24.2 Å². The molecule has 1 unspecified atom stereocenters. The number of aromatic nitrogens is 1. The number of halogens is 1. The maximum Gasteiger partial charge on any atom is 0.195 e. The van der Waals surface area contributed by atoms with Crippen LogP contribution in [0.3, 0.4) is 0 Å². The second-order valence-electron chi connectivity index (χ2n) is 6.59. The number of rotatable bonds is 4. The number of pyridine rings is 1. The van der Waals surface area contributed by atoms with Crippen LogP contribution in [0, 0.1) is 6.92 Å². The highest BCUT2D eigenvalue weighted by Gasteiger charge is 2.23. The van der Waals surface area contributed by atoms with E-state index in [-0.39, 0.29) is 5.43 Å². The minimum atomic E-state index is 0.0191. The number of benzene rings is 1. The minimum absolute atomic E-state index is 0.0191. The summed E-state index contributed by atoms with van der Waals surface area (Å²) in [6.45, 7) is 5.92. The summed E-state index contributed by atoms with van der Waals surface area (Å²) in [6, 6.07) is 4.08. The number of likely N-dealkylation sites (tertiary alicyclic amines) is 1. The molecule has 1 aliphatic rings. The fourth-order valence-electron chi connectivity index (χ4n) is 3.78. The molecule has 1 saturated heterocycles. The van der Waals surface area contributed by atoms with Gasteiger partial charge >= 0.3 is 0 Å². The Morgan fingerprint density at radius 3 is 2.88 bits per heavy atom. The van der Waals surface area contributed by atoms with Crippen LogP contribution in [0.2, 0.25) is 5.02 Å². The smallest absolute Gasteiger partial charge is 0.195 e. The monoisotopic (exact) mass is 348 g/mol. The first-order chi connectivity index (χ1) is 11.6. The molecule has 0 spiro atoms. The second kappa shape index (κ2) is 7.16. The van der Waals surface area contributed by atoms with Crippen LogP contribution in [0.25, 0.3) is 10.9 Å². The van der Waals surface area contributed by atoms with Gasteiger partial charge in [0, 0.05) is 23.8 Å². The zero-order valence-corrected chi connectivity index (χ0v) is 15.4. The average Bonchev–Trinajstić information content (AvgIpc) is 2.59. The van der Waals surface area contributed by atoms with E-state index in [1.54, 1.807) is 19.2 Å². The van der Waals surface area contributed by atoms with E-state index >= 15 is 0 Å².